The fourth-order valence-electron chi connectivity index (χ4n) is 11.7. The molecule has 2 unspecified atom stereocenters. The van der Waals surface area contributed by atoms with Crippen LogP contribution in [0.15, 0.2) is 11.6 Å². The molecule has 5 N–H and O–H groups in total. The highest BCUT2D eigenvalue weighted by atomic mass is 16.5. The number of nitrogens with one attached hydrogen (secondary N) is 1. The van der Waals surface area contributed by atoms with Crippen molar-refractivity contribution in [2.24, 2.45) is 62.4 Å². The van der Waals surface area contributed by atoms with Crippen LogP contribution in [-0.4, -0.2) is 81.1 Å². The first kappa shape index (κ1) is 34.3. The van der Waals surface area contributed by atoms with Gasteiger partial charge in [-0.1, -0.05) is 60.1 Å². The Balaban J connectivity index is 1.47. The highest BCUT2D eigenvalue weighted by Gasteiger charge is 2.71. The smallest absolute Gasteiger partial charge is 0.307 e. The Kier molecular flexibility index (Phi) is 9.52. The first-order valence-corrected chi connectivity index (χ1v) is 17.4. The summed E-state index contributed by atoms with van der Waals surface area (Å²) in [6, 6.07) is -0.272. The second kappa shape index (κ2) is 12.2. The summed E-state index contributed by atoms with van der Waals surface area (Å²) in [5.74, 6) is 0.541. The minimum Gasteiger partial charge on any atom is -0.481 e. The minimum atomic E-state index is -0.615. The van der Waals surface area contributed by atoms with E-state index >= 15 is 0 Å². The number of carboxylic acids is 1. The topological polar surface area (TPSA) is 123 Å². The molecule has 8 heteroatoms. The van der Waals surface area contributed by atoms with E-state index in [1.807, 2.05) is 7.11 Å². The van der Waals surface area contributed by atoms with E-state index in [0.29, 0.717) is 56.6 Å². The Morgan fingerprint density at radius 3 is 2.50 bits per heavy atom. The van der Waals surface area contributed by atoms with E-state index in [4.69, 9.17) is 19.9 Å². The molecule has 4 aliphatic carbocycles. The van der Waals surface area contributed by atoms with E-state index in [2.05, 4.69) is 59.9 Å². The van der Waals surface area contributed by atoms with Crippen LogP contribution in [0.1, 0.15) is 87.0 Å². The molecule has 1 saturated heterocycles. The first-order chi connectivity index (χ1) is 20.7. The summed E-state index contributed by atoms with van der Waals surface area (Å²) >= 11 is 0. The van der Waals surface area contributed by atoms with Crippen molar-refractivity contribution >= 4 is 5.97 Å². The number of carboxylic acid groups (broad SMARTS) is 1. The van der Waals surface area contributed by atoms with Gasteiger partial charge in [0.25, 0.3) is 0 Å². The summed E-state index contributed by atoms with van der Waals surface area (Å²) in [6.45, 7) is 19.3. The maximum atomic E-state index is 13.3. The van der Waals surface area contributed by atoms with Gasteiger partial charge in [-0.3, -0.25) is 4.79 Å². The van der Waals surface area contributed by atoms with Crippen molar-refractivity contribution in [1.29, 1.82) is 0 Å². The Bertz CT molecular complexity index is 1100. The van der Waals surface area contributed by atoms with Crippen LogP contribution in [0, 0.1) is 56.7 Å². The van der Waals surface area contributed by atoms with Crippen molar-refractivity contribution in [2.75, 3.05) is 46.6 Å². The molecule has 4 fully saturated rings. The number of hydrogen-bond donors (Lipinski definition) is 4. The molecule has 5 aliphatic rings. The van der Waals surface area contributed by atoms with Gasteiger partial charge in [-0.15, -0.1) is 0 Å². The number of rotatable bonds is 11. The number of aliphatic hydroxyl groups is 1. The molecule has 1 heterocycles. The second-order valence-electron chi connectivity index (χ2n) is 16.8. The van der Waals surface area contributed by atoms with Crippen molar-refractivity contribution in [3.63, 3.8) is 0 Å². The van der Waals surface area contributed by atoms with Gasteiger partial charge in [-0.25, -0.2) is 0 Å². The molecule has 252 valence electrons. The van der Waals surface area contributed by atoms with Crippen LogP contribution in [0.3, 0.4) is 0 Å². The van der Waals surface area contributed by atoms with Crippen molar-refractivity contribution in [3.8, 4) is 0 Å². The normalized spacial score (nSPS) is 46.3. The van der Waals surface area contributed by atoms with Gasteiger partial charge in [0.2, 0.25) is 0 Å². The van der Waals surface area contributed by atoms with Gasteiger partial charge in [0, 0.05) is 37.1 Å². The molecule has 0 aromatic heterocycles. The van der Waals surface area contributed by atoms with Crippen LogP contribution >= 0.6 is 0 Å². The number of fused-ring (bicyclic) bond motifs is 3. The molecule has 44 heavy (non-hydrogen) atoms. The highest BCUT2D eigenvalue weighted by molar-refractivity contribution is 5.73. The van der Waals surface area contributed by atoms with Crippen molar-refractivity contribution < 1.29 is 29.2 Å². The van der Waals surface area contributed by atoms with E-state index in [1.54, 1.807) is 0 Å². The maximum absolute atomic E-state index is 13.3. The molecule has 8 nitrogen and oxygen atoms in total. The third kappa shape index (κ3) is 4.95. The van der Waals surface area contributed by atoms with Crippen molar-refractivity contribution in [3.05, 3.63) is 11.6 Å². The Morgan fingerprint density at radius 2 is 1.86 bits per heavy atom. The second-order valence-corrected chi connectivity index (χ2v) is 16.8. The van der Waals surface area contributed by atoms with E-state index in [9.17, 15) is 15.0 Å². The van der Waals surface area contributed by atoms with Gasteiger partial charge >= 0.3 is 5.97 Å². The molecule has 0 amide bonds. The first-order valence-electron chi connectivity index (χ1n) is 17.4. The average molecular weight is 619 g/mol. The molecule has 0 spiro atoms. The van der Waals surface area contributed by atoms with E-state index in [1.165, 1.54) is 5.57 Å². The zero-order valence-corrected chi connectivity index (χ0v) is 28.8. The van der Waals surface area contributed by atoms with Crippen molar-refractivity contribution in [1.82, 2.24) is 5.32 Å². The quantitative estimate of drug-likeness (QED) is 0.191. The number of allylic oxidation sites excluding steroid dienone is 1. The summed E-state index contributed by atoms with van der Waals surface area (Å²) in [7, 11) is 1.82. The Hall–Kier alpha value is -1.03. The SMILES string of the molecule is CO[C@@H]1C[C@@]23COCC(C)(C2CC[C@H]2C3=CC[C@@]3(C)[C@H](C(=O)O)[C@@](C)([C@H](C)C(C)C)CC[C@]23C)[C@H]1OCCNC[C@@H](N)CO. The number of aliphatic hydroxyl groups excluding tert-OH is 1. The molecule has 1 aliphatic heterocycles. The fraction of sp³-hybridized carbons (Fsp3) is 0.917. The standard InChI is InChI=1S/C36H62N2O6/c1-22(2)23(3)32(4)13-14-34(6)25-9-10-28-33(5)20-43-21-36(28,26(25)11-12-35(34,7)29(32)31(40)41)17-27(42-8)30(33)44-16-15-38-18-24(37)19-39/h11,22-25,27-30,38-39H,9-10,12-21,37H2,1-8H3,(H,40,41)/t23-,24-,25+,27-,28?,29-,30+,32-,33?,34-,35+,36+/m1/s1. The van der Waals surface area contributed by atoms with Gasteiger partial charge in [0.05, 0.1) is 44.6 Å². The van der Waals surface area contributed by atoms with Crippen molar-refractivity contribution in [2.45, 2.75) is 105 Å². The lowest BCUT2D eigenvalue weighted by Crippen LogP contribution is -2.70. The van der Waals surface area contributed by atoms with Crippen LogP contribution in [-0.2, 0) is 19.0 Å². The maximum Gasteiger partial charge on any atom is 0.307 e. The van der Waals surface area contributed by atoms with Gasteiger partial charge in [-0.05, 0) is 78.4 Å². The van der Waals surface area contributed by atoms with Gasteiger partial charge < -0.3 is 35.5 Å². The molecule has 0 aromatic carbocycles. The molecule has 0 aromatic rings. The zero-order valence-electron chi connectivity index (χ0n) is 28.8. The van der Waals surface area contributed by atoms with Crippen LogP contribution in [0.5, 0.6) is 0 Å². The lowest BCUT2D eigenvalue weighted by molar-refractivity contribution is -0.266. The minimum absolute atomic E-state index is 0.0379. The summed E-state index contributed by atoms with van der Waals surface area (Å²) in [5.41, 5.74) is 6.42. The van der Waals surface area contributed by atoms with E-state index < -0.39 is 5.97 Å². The fourth-order valence-corrected chi connectivity index (χ4v) is 11.7. The number of carbonyl (C=O) groups is 1. The number of aliphatic carboxylic acids is 1. The van der Waals surface area contributed by atoms with Crippen LogP contribution in [0.4, 0.5) is 0 Å². The molecular formula is C36H62N2O6. The lowest BCUT2D eigenvalue weighted by atomic mass is 9.34. The summed E-state index contributed by atoms with van der Waals surface area (Å²) in [5, 5.41) is 23.5. The number of ether oxygens (including phenoxy) is 3. The van der Waals surface area contributed by atoms with Gasteiger partial charge in [0.1, 0.15) is 0 Å². The summed E-state index contributed by atoms with van der Waals surface area (Å²) in [6.07, 6.45) is 8.26. The van der Waals surface area contributed by atoms with Gasteiger partial charge in [-0.2, -0.15) is 0 Å². The molecule has 0 radical (unpaired) electrons. The monoisotopic (exact) mass is 618 g/mol. The van der Waals surface area contributed by atoms with Crippen LogP contribution in [0.25, 0.3) is 0 Å². The van der Waals surface area contributed by atoms with Gasteiger partial charge in [0.15, 0.2) is 0 Å². The molecule has 12 atom stereocenters. The largest absolute Gasteiger partial charge is 0.481 e. The highest BCUT2D eigenvalue weighted by Crippen LogP contribution is 2.75. The third-order valence-electron chi connectivity index (χ3n) is 14.6. The van der Waals surface area contributed by atoms with E-state index in [0.717, 1.165) is 38.5 Å². The summed E-state index contributed by atoms with van der Waals surface area (Å²) < 4.78 is 19.5. The molecule has 2 bridgehead atoms. The average Bonchev–Trinajstić information content (AvgIpc) is 2.97. The van der Waals surface area contributed by atoms with Crippen LogP contribution in [0.2, 0.25) is 0 Å². The molecular weight excluding hydrogens is 556 g/mol. The number of hydrogen-bond acceptors (Lipinski definition) is 7. The third-order valence-corrected chi connectivity index (χ3v) is 14.6. The zero-order chi connectivity index (χ0) is 32.3. The summed E-state index contributed by atoms with van der Waals surface area (Å²) in [4.78, 5) is 13.3. The lowest BCUT2D eigenvalue weighted by Gasteiger charge is -2.71. The predicted octanol–water partition coefficient (Wildman–Crippen LogP) is 4.88. The molecule has 3 saturated carbocycles. The van der Waals surface area contributed by atoms with E-state index in [-0.39, 0.29) is 57.8 Å². The number of methoxy groups -OCH3 is 1. The number of nitrogens with two attached hydrogens (primary N) is 1. The molecule has 5 rings (SSSR count). The Morgan fingerprint density at radius 1 is 1.14 bits per heavy atom. The Labute approximate surface area is 266 Å². The predicted molar refractivity (Wildman–Crippen MR) is 172 cm³/mol. The van der Waals surface area contributed by atoms with Crippen LogP contribution < -0.4 is 11.1 Å².